The van der Waals surface area contributed by atoms with Crippen LogP contribution in [0.5, 0.6) is 0 Å². The second kappa shape index (κ2) is 7.14. The van der Waals surface area contributed by atoms with Crippen molar-refractivity contribution < 1.29 is 9.90 Å². The van der Waals surface area contributed by atoms with Crippen molar-refractivity contribution >= 4 is 34.8 Å². The van der Waals surface area contributed by atoms with Crippen LogP contribution in [0.3, 0.4) is 0 Å². The fourth-order valence-electron chi connectivity index (χ4n) is 1.74. The van der Waals surface area contributed by atoms with Gasteiger partial charge in [0, 0.05) is 5.56 Å². The highest BCUT2D eigenvalue weighted by atomic mass is 35.5. The zero-order valence-electron chi connectivity index (χ0n) is 10.9. The molecule has 2 aromatic carbocycles. The lowest BCUT2D eigenvalue weighted by Crippen LogP contribution is -2.14. The monoisotopic (exact) mass is 319 g/mol. The molecule has 0 radical (unpaired) electrons. The van der Waals surface area contributed by atoms with Gasteiger partial charge in [-0.1, -0.05) is 53.2 Å². The predicted octanol–water partition coefficient (Wildman–Crippen LogP) is 3.59. The van der Waals surface area contributed by atoms with E-state index in [0.717, 1.165) is 0 Å². The molecular weight excluding hydrogens is 309 g/mol. The van der Waals surface area contributed by atoms with Gasteiger partial charge in [0.25, 0.3) is 5.91 Å². The van der Waals surface area contributed by atoms with Gasteiger partial charge in [0.2, 0.25) is 0 Å². The molecule has 0 aliphatic carbocycles. The van der Waals surface area contributed by atoms with Crippen LogP contribution in [0.4, 0.5) is 5.69 Å². The molecule has 106 valence electrons. The van der Waals surface area contributed by atoms with Crippen LogP contribution in [0, 0.1) is 11.8 Å². The third kappa shape index (κ3) is 3.77. The van der Waals surface area contributed by atoms with Gasteiger partial charge in [-0.25, -0.2) is 0 Å². The number of nitrogens with one attached hydrogen (secondary N) is 1. The number of hydrogen-bond donors (Lipinski definition) is 2. The van der Waals surface area contributed by atoms with E-state index in [1.807, 2.05) is 0 Å². The van der Waals surface area contributed by atoms with Gasteiger partial charge in [-0.3, -0.25) is 4.79 Å². The number of anilines is 1. The zero-order valence-corrected chi connectivity index (χ0v) is 12.4. The number of carbonyl (C=O) groups excluding carboxylic acids is 1. The number of halogens is 2. The quantitative estimate of drug-likeness (QED) is 0.831. The van der Waals surface area contributed by atoms with Crippen LogP contribution in [0.25, 0.3) is 0 Å². The Morgan fingerprint density at radius 3 is 2.43 bits per heavy atom. The number of rotatable bonds is 2. The van der Waals surface area contributed by atoms with E-state index in [1.165, 1.54) is 0 Å². The summed E-state index contributed by atoms with van der Waals surface area (Å²) in [6, 6.07) is 11.9. The minimum Gasteiger partial charge on any atom is -0.384 e. The lowest BCUT2D eigenvalue weighted by molar-refractivity contribution is 0.102. The van der Waals surface area contributed by atoms with Crippen LogP contribution < -0.4 is 5.32 Å². The molecule has 0 saturated carbocycles. The maximum Gasteiger partial charge on any atom is 0.258 e. The average Bonchev–Trinajstić information content (AvgIpc) is 2.46. The summed E-state index contributed by atoms with van der Waals surface area (Å²) in [5.41, 5.74) is 1.34. The molecule has 0 aromatic heterocycles. The van der Waals surface area contributed by atoms with E-state index in [-0.39, 0.29) is 22.2 Å². The Balaban J connectivity index is 2.32. The standard InChI is InChI=1S/C16H11Cl2NO2/c17-12-7-3-8-13(18)15(12)16(21)19-14-9-2-1-5-11(14)6-4-10-20/h1-3,5,7-9,20H,10H2,(H,19,21). The average molecular weight is 320 g/mol. The van der Waals surface area contributed by atoms with E-state index in [2.05, 4.69) is 17.2 Å². The number of aliphatic hydroxyl groups excluding tert-OH is 1. The Hall–Kier alpha value is -1.99. The molecule has 2 aromatic rings. The first-order chi connectivity index (χ1) is 10.1. The van der Waals surface area contributed by atoms with Crippen molar-refractivity contribution in [2.75, 3.05) is 11.9 Å². The molecule has 3 nitrogen and oxygen atoms in total. The second-order valence-corrected chi connectivity index (χ2v) is 4.87. The predicted molar refractivity (Wildman–Crippen MR) is 84.8 cm³/mol. The Labute approximate surface area is 132 Å². The van der Waals surface area contributed by atoms with Crippen LogP contribution in [-0.4, -0.2) is 17.6 Å². The van der Waals surface area contributed by atoms with Gasteiger partial charge in [-0.2, -0.15) is 0 Å². The van der Waals surface area contributed by atoms with Crippen molar-refractivity contribution in [3.63, 3.8) is 0 Å². The van der Waals surface area contributed by atoms with Gasteiger partial charge in [-0.05, 0) is 24.3 Å². The Morgan fingerprint density at radius 2 is 1.76 bits per heavy atom. The van der Waals surface area contributed by atoms with E-state index >= 15 is 0 Å². The van der Waals surface area contributed by atoms with Gasteiger partial charge >= 0.3 is 0 Å². The SMILES string of the molecule is O=C(Nc1ccccc1C#CCO)c1c(Cl)cccc1Cl. The van der Waals surface area contributed by atoms with Crippen LogP contribution in [0.2, 0.25) is 10.0 Å². The zero-order chi connectivity index (χ0) is 15.2. The van der Waals surface area contributed by atoms with Crippen molar-refractivity contribution in [1.29, 1.82) is 0 Å². The summed E-state index contributed by atoms with van der Waals surface area (Å²) < 4.78 is 0. The third-order valence-electron chi connectivity index (χ3n) is 2.67. The molecule has 2 N–H and O–H groups in total. The summed E-state index contributed by atoms with van der Waals surface area (Å²) >= 11 is 12.0. The minimum atomic E-state index is -0.413. The van der Waals surface area contributed by atoms with Crippen molar-refractivity contribution in [1.82, 2.24) is 0 Å². The van der Waals surface area contributed by atoms with Gasteiger partial charge in [0.1, 0.15) is 6.61 Å². The van der Waals surface area contributed by atoms with E-state index in [0.29, 0.717) is 11.3 Å². The first-order valence-electron chi connectivity index (χ1n) is 6.07. The number of aliphatic hydroxyl groups is 1. The number of carbonyl (C=O) groups is 1. The number of hydrogen-bond acceptors (Lipinski definition) is 2. The molecule has 1 amide bonds. The molecule has 0 fully saturated rings. The molecule has 0 atom stereocenters. The maximum atomic E-state index is 12.3. The van der Waals surface area contributed by atoms with E-state index in [4.69, 9.17) is 28.3 Å². The second-order valence-electron chi connectivity index (χ2n) is 4.06. The molecule has 0 heterocycles. The summed E-state index contributed by atoms with van der Waals surface area (Å²) in [5.74, 6) is 4.90. The molecule has 0 spiro atoms. The van der Waals surface area contributed by atoms with Gasteiger partial charge in [0.15, 0.2) is 0 Å². The fraction of sp³-hybridized carbons (Fsp3) is 0.0625. The van der Waals surface area contributed by atoms with Crippen LogP contribution >= 0.6 is 23.2 Å². The Morgan fingerprint density at radius 1 is 1.10 bits per heavy atom. The van der Waals surface area contributed by atoms with Gasteiger partial charge in [-0.15, -0.1) is 0 Å². The van der Waals surface area contributed by atoms with Crippen molar-refractivity contribution in [3.05, 3.63) is 63.6 Å². The first kappa shape index (κ1) is 15.4. The smallest absolute Gasteiger partial charge is 0.258 e. The van der Waals surface area contributed by atoms with Crippen molar-refractivity contribution in [2.24, 2.45) is 0 Å². The highest BCUT2D eigenvalue weighted by molar-refractivity contribution is 6.40. The van der Waals surface area contributed by atoms with Gasteiger partial charge < -0.3 is 10.4 Å². The van der Waals surface area contributed by atoms with Gasteiger partial charge in [0.05, 0.1) is 21.3 Å². The van der Waals surface area contributed by atoms with Crippen LogP contribution in [-0.2, 0) is 0 Å². The first-order valence-corrected chi connectivity index (χ1v) is 6.83. The topological polar surface area (TPSA) is 49.3 Å². The maximum absolute atomic E-state index is 12.3. The van der Waals surface area contributed by atoms with Crippen LogP contribution in [0.1, 0.15) is 15.9 Å². The molecule has 0 bridgehead atoms. The lowest BCUT2D eigenvalue weighted by atomic mass is 10.1. The minimum absolute atomic E-state index is 0.214. The Kier molecular flexibility index (Phi) is 5.24. The highest BCUT2D eigenvalue weighted by Gasteiger charge is 2.15. The molecule has 0 aliphatic rings. The Bertz CT molecular complexity index is 712. The van der Waals surface area contributed by atoms with E-state index < -0.39 is 5.91 Å². The molecule has 0 aliphatic heterocycles. The van der Waals surface area contributed by atoms with Crippen molar-refractivity contribution in [2.45, 2.75) is 0 Å². The summed E-state index contributed by atoms with van der Waals surface area (Å²) in [4.78, 5) is 12.3. The van der Waals surface area contributed by atoms with Crippen molar-refractivity contribution in [3.8, 4) is 11.8 Å². The number of para-hydroxylation sites is 1. The number of benzene rings is 2. The summed E-state index contributed by atoms with van der Waals surface area (Å²) in [6.07, 6.45) is 0. The molecule has 5 heteroatoms. The molecular formula is C16H11Cl2NO2. The third-order valence-corrected chi connectivity index (χ3v) is 3.30. The number of amides is 1. The summed E-state index contributed by atoms with van der Waals surface area (Å²) in [6.45, 7) is -0.251. The molecule has 2 rings (SSSR count). The molecule has 21 heavy (non-hydrogen) atoms. The fourth-order valence-corrected chi connectivity index (χ4v) is 2.30. The summed E-state index contributed by atoms with van der Waals surface area (Å²) in [5, 5.41) is 12.0. The van der Waals surface area contributed by atoms with E-state index in [1.54, 1.807) is 42.5 Å². The summed E-state index contributed by atoms with van der Waals surface area (Å²) in [7, 11) is 0. The molecule has 0 unspecified atom stereocenters. The van der Waals surface area contributed by atoms with E-state index in [9.17, 15) is 4.79 Å². The lowest BCUT2D eigenvalue weighted by Gasteiger charge is -2.09. The normalized spacial score (nSPS) is 9.67. The van der Waals surface area contributed by atoms with Crippen LogP contribution in [0.15, 0.2) is 42.5 Å². The largest absolute Gasteiger partial charge is 0.384 e. The highest BCUT2D eigenvalue weighted by Crippen LogP contribution is 2.25. The molecule has 0 saturated heterocycles.